The van der Waals surface area contributed by atoms with Crippen LogP contribution in [0.3, 0.4) is 0 Å². The Labute approximate surface area is 722 Å². The maximum atomic E-state index is 2.39. The Morgan fingerprint density at radius 3 is 1.01 bits per heavy atom. The molecule has 0 bridgehead atoms. The van der Waals surface area contributed by atoms with Crippen molar-refractivity contribution in [1.82, 2.24) is 0 Å². The van der Waals surface area contributed by atoms with Gasteiger partial charge in [0.05, 0.1) is 21.9 Å². The highest BCUT2D eigenvalue weighted by Crippen LogP contribution is 2.36. The number of aryl methyl sites for hydroxylation is 15. The summed E-state index contributed by atoms with van der Waals surface area (Å²) in [5.41, 5.74) is 44.5. The quantitative estimate of drug-likeness (QED) is 0.0912. The number of rotatable bonds is 15. The van der Waals surface area contributed by atoms with Crippen molar-refractivity contribution in [2.45, 2.75) is 205 Å². The fourth-order valence-corrected chi connectivity index (χ4v) is 18.2. The predicted molar refractivity (Wildman–Crippen MR) is 517 cm³/mol. The minimum absolute atomic E-state index is 0.669. The van der Waals surface area contributed by atoms with Crippen LogP contribution in [0.5, 0.6) is 0 Å². The summed E-state index contributed by atoms with van der Waals surface area (Å²) in [6.45, 7) is 55.9. The molecule has 5 nitrogen and oxygen atoms in total. The Morgan fingerprint density at radius 2 is 0.558 bits per heavy atom. The Kier molecular flexibility index (Phi) is 29.1. The van der Waals surface area contributed by atoms with E-state index in [2.05, 4.69) is 444 Å². The summed E-state index contributed by atoms with van der Waals surface area (Å²) in [5, 5.41) is 9.33. The first kappa shape index (κ1) is 90.0. The zero-order valence-corrected chi connectivity index (χ0v) is 78.9. The number of aromatic nitrogens is 5. The average molecular weight is 1590 g/mol. The molecule has 0 fully saturated rings. The van der Waals surface area contributed by atoms with Gasteiger partial charge in [0.15, 0.2) is 12.4 Å². The highest BCUT2D eigenvalue weighted by molar-refractivity contribution is 5.96. The van der Waals surface area contributed by atoms with Crippen LogP contribution in [0.15, 0.2) is 213 Å². The molecule has 620 valence electrons. The minimum atomic E-state index is 0.669. The van der Waals surface area contributed by atoms with Crippen molar-refractivity contribution < 1.29 is 22.8 Å². The van der Waals surface area contributed by atoms with Crippen LogP contribution >= 0.6 is 0 Å². The molecule has 0 saturated heterocycles. The van der Waals surface area contributed by atoms with E-state index in [0.717, 1.165) is 32.1 Å². The topological polar surface area (TPSA) is 19.4 Å². The molecule has 120 heavy (non-hydrogen) atoms. The van der Waals surface area contributed by atoms with Gasteiger partial charge in [-0.2, -0.15) is 13.7 Å². The lowest BCUT2D eigenvalue weighted by atomic mass is 9.93. The van der Waals surface area contributed by atoms with E-state index in [1.807, 2.05) is 0 Å². The van der Waals surface area contributed by atoms with Crippen LogP contribution in [-0.4, -0.2) is 0 Å². The lowest BCUT2D eigenvalue weighted by molar-refractivity contribution is -0.659. The van der Waals surface area contributed by atoms with Crippen LogP contribution in [0.1, 0.15) is 181 Å². The highest BCUT2D eigenvalue weighted by atomic mass is 15.0. The van der Waals surface area contributed by atoms with E-state index in [9.17, 15) is 0 Å². The van der Waals surface area contributed by atoms with Crippen molar-refractivity contribution in [2.24, 2.45) is 64.8 Å². The molecule has 10 aromatic carbocycles. The summed E-state index contributed by atoms with van der Waals surface area (Å²) in [5.74, 6) is 3.39. The second-order valence-corrected chi connectivity index (χ2v) is 37.6. The molecule has 5 aromatic heterocycles. The lowest BCUT2D eigenvalue weighted by Gasteiger charge is -2.12. The van der Waals surface area contributed by atoms with Crippen molar-refractivity contribution in [3.05, 3.63) is 324 Å². The second kappa shape index (κ2) is 38.8. The third kappa shape index (κ3) is 21.0. The first-order chi connectivity index (χ1) is 56.8. The van der Waals surface area contributed by atoms with Gasteiger partial charge in [-0.05, 0) is 333 Å². The maximum Gasteiger partial charge on any atom is 0.220 e. The van der Waals surface area contributed by atoms with Gasteiger partial charge in [-0.25, -0.2) is 9.13 Å². The van der Waals surface area contributed by atoms with Crippen molar-refractivity contribution in [2.75, 3.05) is 0 Å². The summed E-state index contributed by atoms with van der Waals surface area (Å²) in [4.78, 5) is 0. The molecule has 0 aliphatic heterocycles. The van der Waals surface area contributed by atoms with Crippen LogP contribution in [-0.2, 0) is 67.3 Å². The number of fused-ring (bicyclic) bond motifs is 5. The molecular formula is C115H140N5+5. The van der Waals surface area contributed by atoms with Gasteiger partial charge in [-0.1, -0.05) is 176 Å². The molecule has 0 N–H and O–H groups in total. The molecule has 0 spiro atoms. The van der Waals surface area contributed by atoms with Crippen LogP contribution in [0.25, 0.3) is 111 Å². The molecule has 0 unspecified atom stereocenters. The van der Waals surface area contributed by atoms with Crippen LogP contribution in [0, 0.1) is 133 Å². The molecule has 0 saturated carbocycles. The molecule has 0 radical (unpaired) electrons. The Morgan fingerprint density at radius 1 is 0.233 bits per heavy atom. The van der Waals surface area contributed by atoms with E-state index in [1.165, 1.54) is 222 Å². The second-order valence-electron chi connectivity index (χ2n) is 37.6. The third-order valence-electron chi connectivity index (χ3n) is 24.8. The molecule has 0 atom stereocenters. The predicted octanol–water partition coefficient (Wildman–Crippen LogP) is 27.3. The fraction of sp³-hybridized carbons (Fsp3) is 0.348. The standard InChI is InChI=1S/5C23H28N/c1-15(2)11-19-7-9-22-20(14-19)8-10-23(24(22)6)21-13-16(3)12-17(4)18(21)5;1-15(2)11-19-7-8-21-20(14-19)9-10-24(6)23(21)22-13-16(3)12-17(4)18(22)5;1-15(2)11-19-7-8-20-9-10-24(6)23(22(20)14-19)21-13-16(3)12-17(4)18(21)5;1-15(2)11-19-7-8-20-9-10-22(24(6)23(20)14-19)21-13-16(3)12-17(4)18(21)5;1-15(2)12-19-8-7-9-22-20(19)10-11-23(24(22)6)21-14-16(3)13-17(4)18(21)5/h4*7-10,12-15H,11H2,1-6H3;7-11,13-15H,12H2,1-6H3/q5*+1. The minimum Gasteiger partial charge on any atom is -0.200 e. The lowest BCUT2D eigenvalue weighted by Crippen LogP contribution is -2.32. The zero-order valence-electron chi connectivity index (χ0n) is 78.9. The first-order valence-electron chi connectivity index (χ1n) is 44.3. The monoisotopic (exact) mass is 1590 g/mol. The number of pyridine rings is 5. The SMILES string of the molecule is Cc1cc(C)c(C)c(-c2c3cc(CC(C)C)ccc3cc[n+]2C)c1.Cc1cc(C)c(C)c(-c2c3ccc(CC(C)C)cc3cc[n+]2C)c1.Cc1cc(C)c(C)c(-c2ccc3c(CC(C)C)cccc3[n+]2C)c1.Cc1cc(C)c(C)c(-c2ccc3cc(CC(C)C)ccc3[n+]2C)c1.Cc1cc(C)c(C)c(-c2ccc3ccc(CC(C)C)cc3[n+]2C)c1. The molecule has 0 aliphatic rings. The van der Waals surface area contributed by atoms with Crippen molar-refractivity contribution in [1.29, 1.82) is 0 Å². The van der Waals surface area contributed by atoms with E-state index in [1.54, 1.807) is 0 Å². The van der Waals surface area contributed by atoms with E-state index >= 15 is 0 Å². The van der Waals surface area contributed by atoms with Crippen LogP contribution < -0.4 is 22.8 Å². The number of benzene rings is 10. The van der Waals surface area contributed by atoms with E-state index in [-0.39, 0.29) is 0 Å². The molecule has 0 aliphatic carbocycles. The Balaban J connectivity index is 0.000000147. The fourth-order valence-electron chi connectivity index (χ4n) is 18.2. The van der Waals surface area contributed by atoms with Gasteiger partial charge in [0.25, 0.3) is 0 Å². The van der Waals surface area contributed by atoms with Gasteiger partial charge in [-0.3, -0.25) is 0 Å². The number of nitrogens with zero attached hydrogens (tertiary/aromatic N) is 5. The first-order valence-corrected chi connectivity index (χ1v) is 44.3. The summed E-state index contributed by atoms with van der Waals surface area (Å²) in [6, 6.07) is 75.3. The molecule has 5 heteroatoms. The summed E-state index contributed by atoms with van der Waals surface area (Å²) in [7, 11) is 10.9. The third-order valence-corrected chi connectivity index (χ3v) is 24.8. The number of hydrogen-bond donors (Lipinski definition) is 0. The van der Waals surface area contributed by atoms with Crippen molar-refractivity contribution in [3.63, 3.8) is 0 Å². The summed E-state index contributed by atoms with van der Waals surface area (Å²) in [6.07, 6.45) is 10.0. The molecule has 5 heterocycles. The largest absolute Gasteiger partial charge is 0.220 e. The Bertz CT molecular complexity index is 6220. The molecule has 0 amide bonds. The smallest absolute Gasteiger partial charge is 0.200 e. The van der Waals surface area contributed by atoms with Gasteiger partial charge in [0.1, 0.15) is 35.2 Å². The summed E-state index contributed by atoms with van der Waals surface area (Å²) < 4.78 is 11.5. The molecule has 15 rings (SSSR count). The Hall–Kier alpha value is -10.8. The van der Waals surface area contributed by atoms with Gasteiger partial charge >= 0.3 is 0 Å². The van der Waals surface area contributed by atoms with E-state index in [4.69, 9.17) is 0 Å². The van der Waals surface area contributed by atoms with E-state index in [0.29, 0.717) is 29.6 Å². The maximum absolute atomic E-state index is 2.39. The zero-order chi connectivity index (χ0) is 87.2. The van der Waals surface area contributed by atoms with Crippen LogP contribution in [0.4, 0.5) is 0 Å². The summed E-state index contributed by atoms with van der Waals surface area (Å²) >= 11 is 0. The van der Waals surface area contributed by atoms with Crippen molar-refractivity contribution >= 4 is 54.3 Å². The van der Waals surface area contributed by atoms with Gasteiger partial charge in [0, 0.05) is 81.4 Å². The van der Waals surface area contributed by atoms with E-state index < -0.39 is 0 Å². The molecule has 15 aromatic rings. The van der Waals surface area contributed by atoms with Gasteiger partial charge < -0.3 is 0 Å². The normalized spacial score (nSPS) is 11.5. The molecular weight excluding hydrogens is 1450 g/mol. The van der Waals surface area contributed by atoms with Gasteiger partial charge in [-0.15, -0.1) is 0 Å². The van der Waals surface area contributed by atoms with Crippen molar-refractivity contribution in [3.8, 4) is 56.3 Å². The van der Waals surface area contributed by atoms with Crippen LogP contribution in [0.2, 0.25) is 0 Å². The van der Waals surface area contributed by atoms with Gasteiger partial charge in [0.2, 0.25) is 45.0 Å². The highest BCUT2D eigenvalue weighted by Gasteiger charge is 2.25. The number of hydrogen-bond acceptors (Lipinski definition) is 0. The average Bonchev–Trinajstić information content (AvgIpc) is 0.816.